The summed E-state index contributed by atoms with van der Waals surface area (Å²) in [4.78, 5) is 23.2. The third kappa shape index (κ3) is 3.27. The summed E-state index contributed by atoms with van der Waals surface area (Å²) in [6, 6.07) is 6.96. The van der Waals surface area contributed by atoms with Crippen molar-refractivity contribution >= 4 is 17.7 Å². The number of aryl methyl sites for hydroxylation is 1. The predicted octanol–water partition coefficient (Wildman–Crippen LogP) is 1.23. The molecule has 0 aliphatic rings. The van der Waals surface area contributed by atoms with Gasteiger partial charge in [-0.3, -0.25) is 9.69 Å². The van der Waals surface area contributed by atoms with Crippen LogP contribution in [0.25, 0.3) is 0 Å². The van der Waals surface area contributed by atoms with Gasteiger partial charge >= 0.3 is 12.0 Å². The van der Waals surface area contributed by atoms with Gasteiger partial charge in [-0.1, -0.05) is 12.1 Å². The van der Waals surface area contributed by atoms with E-state index in [9.17, 15) is 9.59 Å². The number of carbonyl (C=O) groups excluding carboxylic acids is 1. The molecule has 0 spiro atoms. The highest BCUT2D eigenvalue weighted by atomic mass is 16.4. The molecule has 1 rings (SSSR count). The number of hydrogen-bond acceptors (Lipinski definition) is 2. The fourth-order valence-electron chi connectivity index (χ4n) is 1.22. The second kappa shape index (κ2) is 5.16. The maximum absolute atomic E-state index is 11.5. The van der Waals surface area contributed by atoms with Crippen LogP contribution in [-0.4, -0.2) is 30.7 Å². The molecule has 0 saturated heterocycles. The van der Waals surface area contributed by atoms with E-state index in [2.05, 4.69) is 5.32 Å². The average Bonchev–Trinajstić information content (AvgIpc) is 2.24. The van der Waals surface area contributed by atoms with Crippen LogP contribution in [0.1, 0.15) is 5.56 Å². The Balaban J connectivity index is 2.66. The zero-order chi connectivity index (χ0) is 12.1. The molecule has 0 heterocycles. The van der Waals surface area contributed by atoms with Crippen molar-refractivity contribution in [1.82, 2.24) is 5.32 Å². The van der Waals surface area contributed by atoms with E-state index in [1.165, 1.54) is 4.90 Å². The lowest BCUT2D eigenvalue weighted by molar-refractivity contribution is -0.135. The number of anilines is 1. The van der Waals surface area contributed by atoms with Crippen LogP contribution >= 0.6 is 0 Å². The van der Waals surface area contributed by atoms with Gasteiger partial charge in [0.1, 0.15) is 6.54 Å². The molecule has 0 aromatic heterocycles. The number of hydrogen-bond donors (Lipinski definition) is 2. The van der Waals surface area contributed by atoms with Gasteiger partial charge < -0.3 is 10.4 Å². The molecule has 1 aromatic carbocycles. The van der Waals surface area contributed by atoms with E-state index in [1.54, 1.807) is 13.1 Å². The first-order valence-electron chi connectivity index (χ1n) is 4.80. The summed E-state index contributed by atoms with van der Waals surface area (Å²) in [5, 5.41) is 10.7. The number of urea groups is 1. The Hall–Kier alpha value is -2.04. The molecule has 0 bridgehead atoms. The van der Waals surface area contributed by atoms with Gasteiger partial charge in [0.25, 0.3) is 0 Å². The molecule has 16 heavy (non-hydrogen) atoms. The van der Waals surface area contributed by atoms with E-state index in [-0.39, 0.29) is 6.54 Å². The molecule has 0 radical (unpaired) electrons. The fraction of sp³-hybridized carbons (Fsp3) is 0.273. The molecule has 1 aromatic rings. The second-order valence-corrected chi connectivity index (χ2v) is 3.45. The molecule has 0 aliphatic heterocycles. The summed E-state index contributed by atoms with van der Waals surface area (Å²) in [6.07, 6.45) is 0. The summed E-state index contributed by atoms with van der Waals surface area (Å²) >= 11 is 0. The Morgan fingerprint density at radius 1 is 1.44 bits per heavy atom. The predicted molar refractivity (Wildman–Crippen MR) is 60.6 cm³/mol. The Morgan fingerprint density at radius 2 is 2.12 bits per heavy atom. The largest absolute Gasteiger partial charge is 0.480 e. The van der Waals surface area contributed by atoms with Crippen molar-refractivity contribution in [2.24, 2.45) is 0 Å². The van der Waals surface area contributed by atoms with Crippen LogP contribution in [0.5, 0.6) is 0 Å². The van der Waals surface area contributed by atoms with Gasteiger partial charge in [0, 0.05) is 12.7 Å². The van der Waals surface area contributed by atoms with Crippen LogP contribution in [0, 0.1) is 6.92 Å². The molecule has 0 fully saturated rings. The molecule has 5 nitrogen and oxygen atoms in total. The van der Waals surface area contributed by atoms with E-state index in [1.807, 2.05) is 25.1 Å². The minimum atomic E-state index is -1.06. The molecule has 0 atom stereocenters. The lowest BCUT2D eigenvalue weighted by Crippen LogP contribution is -2.39. The molecule has 2 amide bonds. The molecule has 86 valence electrons. The van der Waals surface area contributed by atoms with Crippen LogP contribution in [0.4, 0.5) is 10.5 Å². The Kier molecular flexibility index (Phi) is 3.88. The van der Waals surface area contributed by atoms with Crippen LogP contribution in [0.15, 0.2) is 24.3 Å². The number of nitrogens with zero attached hydrogens (tertiary/aromatic N) is 1. The van der Waals surface area contributed by atoms with E-state index < -0.39 is 12.0 Å². The first kappa shape index (κ1) is 12.0. The van der Waals surface area contributed by atoms with Crippen molar-refractivity contribution in [2.75, 3.05) is 18.5 Å². The quantitative estimate of drug-likeness (QED) is 0.808. The van der Waals surface area contributed by atoms with Crippen LogP contribution in [-0.2, 0) is 4.79 Å². The van der Waals surface area contributed by atoms with Crippen molar-refractivity contribution in [3.8, 4) is 0 Å². The van der Waals surface area contributed by atoms with Crippen LogP contribution in [0.3, 0.4) is 0 Å². The monoisotopic (exact) mass is 222 g/mol. The number of carbonyl (C=O) groups is 2. The molecule has 2 N–H and O–H groups in total. The minimum Gasteiger partial charge on any atom is -0.480 e. The SMILES string of the molecule is Cc1cccc(N(C)C(=O)NCC(=O)O)c1. The van der Waals surface area contributed by atoms with Gasteiger partial charge in [0.2, 0.25) is 0 Å². The highest BCUT2D eigenvalue weighted by Crippen LogP contribution is 2.13. The molecule has 0 unspecified atom stereocenters. The number of aliphatic carboxylic acids is 1. The molecule has 5 heteroatoms. The molecular formula is C11H14N2O3. The highest BCUT2D eigenvalue weighted by molar-refractivity contribution is 5.93. The number of benzene rings is 1. The number of carboxylic acids is 1. The maximum atomic E-state index is 11.5. The van der Waals surface area contributed by atoms with E-state index in [0.29, 0.717) is 0 Å². The second-order valence-electron chi connectivity index (χ2n) is 3.45. The first-order chi connectivity index (χ1) is 7.50. The summed E-state index contributed by atoms with van der Waals surface area (Å²) in [5.41, 5.74) is 1.76. The first-order valence-corrected chi connectivity index (χ1v) is 4.80. The standard InChI is InChI=1S/C11H14N2O3/c1-8-4-3-5-9(6-8)13(2)11(16)12-7-10(14)15/h3-6H,7H2,1-2H3,(H,12,16)(H,14,15). The van der Waals surface area contributed by atoms with Crippen LogP contribution < -0.4 is 10.2 Å². The van der Waals surface area contributed by atoms with Crippen molar-refractivity contribution in [3.63, 3.8) is 0 Å². The third-order valence-electron chi connectivity index (χ3n) is 2.08. The zero-order valence-electron chi connectivity index (χ0n) is 9.23. The number of rotatable bonds is 3. The van der Waals surface area contributed by atoms with Gasteiger partial charge in [-0.2, -0.15) is 0 Å². The summed E-state index contributed by atoms with van der Waals surface area (Å²) in [6.45, 7) is 1.54. The van der Waals surface area contributed by atoms with Crippen molar-refractivity contribution < 1.29 is 14.7 Å². The minimum absolute atomic E-state index is 0.380. The number of nitrogens with one attached hydrogen (secondary N) is 1. The smallest absolute Gasteiger partial charge is 0.323 e. The van der Waals surface area contributed by atoms with Gasteiger partial charge in [-0.25, -0.2) is 4.79 Å². The maximum Gasteiger partial charge on any atom is 0.323 e. The Labute approximate surface area is 93.7 Å². The topological polar surface area (TPSA) is 69.6 Å². The molecular weight excluding hydrogens is 208 g/mol. The van der Waals surface area contributed by atoms with Gasteiger partial charge in [-0.15, -0.1) is 0 Å². The van der Waals surface area contributed by atoms with Gasteiger partial charge in [0.15, 0.2) is 0 Å². The summed E-state index contributed by atoms with van der Waals surface area (Å²) < 4.78 is 0. The van der Waals surface area contributed by atoms with E-state index >= 15 is 0 Å². The zero-order valence-corrected chi connectivity index (χ0v) is 9.23. The number of carboxylic acid groups (broad SMARTS) is 1. The van der Waals surface area contributed by atoms with E-state index in [0.717, 1.165) is 11.3 Å². The summed E-state index contributed by atoms with van der Waals surface area (Å²) in [7, 11) is 1.59. The molecule has 0 aliphatic carbocycles. The fourth-order valence-corrected chi connectivity index (χ4v) is 1.22. The lowest BCUT2D eigenvalue weighted by atomic mass is 10.2. The molecule has 0 saturated carbocycles. The van der Waals surface area contributed by atoms with E-state index in [4.69, 9.17) is 5.11 Å². The normalized spacial score (nSPS) is 9.62. The number of amides is 2. The highest BCUT2D eigenvalue weighted by Gasteiger charge is 2.11. The van der Waals surface area contributed by atoms with Crippen molar-refractivity contribution in [3.05, 3.63) is 29.8 Å². The van der Waals surface area contributed by atoms with Crippen molar-refractivity contribution in [1.29, 1.82) is 0 Å². The van der Waals surface area contributed by atoms with Crippen molar-refractivity contribution in [2.45, 2.75) is 6.92 Å². The lowest BCUT2D eigenvalue weighted by Gasteiger charge is -2.17. The Bertz CT molecular complexity index is 404. The Morgan fingerprint density at radius 3 is 2.69 bits per heavy atom. The van der Waals surface area contributed by atoms with Crippen LogP contribution in [0.2, 0.25) is 0 Å². The van der Waals surface area contributed by atoms with Gasteiger partial charge in [-0.05, 0) is 24.6 Å². The summed E-state index contributed by atoms with van der Waals surface area (Å²) in [5.74, 6) is -1.06. The van der Waals surface area contributed by atoms with Gasteiger partial charge in [0.05, 0.1) is 0 Å². The average molecular weight is 222 g/mol. The third-order valence-corrected chi connectivity index (χ3v) is 2.08.